The van der Waals surface area contributed by atoms with Crippen LogP contribution in [0.15, 0.2) is 42.5 Å². The topological polar surface area (TPSA) is 68.9 Å². The fraction of sp³-hybridized carbons (Fsp3) is 0. The third kappa shape index (κ3) is 1.25. The lowest BCUT2D eigenvalue weighted by atomic mass is 9.87. The van der Waals surface area contributed by atoms with Crippen LogP contribution in [0.2, 0.25) is 0 Å². The number of carbonyl (C=O) groups excluding carboxylic acids is 1. The Hall–Kier alpha value is -2.75. The van der Waals surface area contributed by atoms with Crippen LogP contribution < -0.4 is 5.73 Å². The van der Waals surface area contributed by atoms with Gasteiger partial charge in [-0.25, -0.2) is 9.97 Å². The summed E-state index contributed by atoms with van der Waals surface area (Å²) in [5, 5.41) is 0.792. The summed E-state index contributed by atoms with van der Waals surface area (Å²) in [5.41, 5.74) is 9.35. The zero-order valence-corrected chi connectivity index (χ0v) is 9.92. The van der Waals surface area contributed by atoms with Crippen molar-refractivity contribution < 1.29 is 4.79 Å². The molecule has 1 aliphatic carbocycles. The van der Waals surface area contributed by atoms with Crippen molar-refractivity contribution in [3.8, 4) is 11.3 Å². The van der Waals surface area contributed by atoms with Crippen LogP contribution in [0, 0.1) is 0 Å². The molecule has 0 aliphatic heterocycles. The van der Waals surface area contributed by atoms with Gasteiger partial charge in [0.15, 0.2) is 5.78 Å². The fourth-order valence-electron chi connectivity index (χ4n) is 2.62. The molecule has 2 aromatic carbocycles. The first kappa shape index (κ1) is 10.2. The van der Waals surface area contributed by atoms with Crippen molar-refractivity contribution in [3.63, 3.8) is 0 Å². The van der Waals surface area contributed by atoms with Crippen molar-refractivity contribution in [3.05, 3.63) is 53.6 Å². The van der Waals surface area contributed by atoms with Crippen molar-refractivity contribution in [1.29, 1.82) is 0 Å². The molecule has 19 heavy (non-hydrogen) atoms. The fourth-order valence-corrected chi connectivity index (χ4v) is 2.62. The average molecular weight is 247 g/mol. The second-order valence-corrected chi connectivity index (χ2v) is 4.50. The predicted molar refractivity (Wildman–Crippen MR) is 72.8 cm³/mol. The molecule has 0 unspecified atom stereocenters. The maximum Gasteiger partial charge on any atom is 0.221 e. The number of hydrogen-bond donors (Lipinski definition) is 1. The molecule has 3 aromatic rings. The highest BCUT2D eigenvalue weighted by Crippen LogP contribution is 2.37. The summed E-state index contributed by atoms with van der Waals surface area (Å²) < 4.78 is 0. The van der Waals surface area contributed by atoms with Crippen LogP contribution in [0.4, 0.5) is 5.95 Å². The number of ketones is 1. The summed E-state index contributed by atoms with van der Waals surface area (Å²) in [6.07, 6.45) is 0. The predicted octanol–water partition coefficient (Wildman–Crippen LogP) is 2.42. The lowest BCUT2D eigenvalue weighted by Crippen LogP contribution is -2.12. The van der Waals surface area contributed by atoms with Crippen LogP contribution in [0.5, 0.6) is 0 Å². The molecular weight excluding hydrogens is 238 g/mol. The second-order valence-electron chi connectivity index (χ2n) is 4.50. The Morgan fingerprint density at radius 3 is 2.42 bits per heavy atom. The summed E-state index contributed by atoms with van der Waals surface area (Å²) in [4.78, 5) is 21.0. The number of carbonyl (C=O) groups is 1. The molecule has 0 bridgehead atoms. The minimum Gasteiger partial charge on any atom is -0.368 e. The van der Waals surface area contributed by atoms with E-state index in [9.17, 15) is 4.79 Å². The van der Waals surface area contributed by atoms with E-state index in [1.54, 1.807) is 0 Å². The molecule has 4 nitrogen and oxygen atoms in total. The minimum atomic E-state index is 0.0158. The third-order valence-electron chi connectivity index (χ3n) is 3.41. The smallest absolute Gasteiger partial charge is 0.221 e. The first-order valence-corrected chi connectivity index (χ1v) is 5.96. The summed E-state index contributed by atoms with van der Waals surface area (Å²) in [7, 11) is 0. The van der Waals surface area contributed by atoms with Gasteiger partial charge in [0.2, 0.25) is 5.95 Å². The van der Waals surface area contributed by atoms with Crippen molar-refractivity contribution in [2.75, 3.05) is 5.73 Å². The van der Waals surface area contributed by atoms with Crippen molar-refractivity contribution in [1.82, 2.24) is 9.97 Å². The number of fused-ring (bicyclic) bond motifs is 2. The van der Waals surface area contributed by atoms with Gasteiger partial charge in [0.05, 0.1) is 11.2 Å². The highest BCUT2D eigenvalue weighted by atomic mass is 16.1. The number of nitrogens with two attached hydrogens (primary N) is 1. The van der Waals surface area contributed by atoms with Gasteiger partial charge >= 0.3 is 0 Å². The van der Waals surface area contributed by atoms with E-state index in [1.165, 1.54) is 0 Å². The lowest BCUT2D eigenvalue weighted by molar-refractivity contribution is 0.104. The Morgan fingerprint density at radius 2 is 1.58 bits per heavy atom. The van der Waals surface area contributed by atoms with E-state index in [0.29, 0.717) is 16.6 Å². The molecule has 0 amide bonds. The van der Waals surface area contributed by atoms with Gasteiger partial charge in [-0.15, -0.1) is 0 Å². The van der Waals surface area contributed by atoms with Crippen molar-refractivity contribution in [2.24, 2.45) is 0 Å². The summed E-state index contributed by atoms with van der Waals surface area (Å²) in [5.74, 6) is 0.242. The zero-order chi connectivity index (χ0) is 13.0. The van der Waals surface area contributed by atoms with E-state index in [-0.39, 0.29) is 11.7 Å². The van der Waals surface area contributed by atoms with E-state index < -0.39 is 0 Å². The molecule has 0 radical (unpaired) electrons. The standard InChI is InChI=1S/C15H9N3O/c16-15-17-11-7-3-6-10-12(11)13(18-15)8-4-1-2-5-9(8)14(10)19/h1-7H,(H2,16,17,18). The number of hydrogen-bond acceptors (Lipinski definition) is 4. The van der Waals surface area contributed by atoms with E-state index >= 15 is 0 Å². The molecule has 0 atom stereocenters. The van der Waals surface area contributed by atoms with E-state index in [4.69, 9.17) is 5.73 Å². The highest BCUT2D eigenvalue weighted by Gasteiger charge is 2.26. The molecule has 0 fully saturated rings. The number of rotatable bonds is 0. The number of nitrogen functional groups attached to an aromatic ring is 1. The van der Waals surface area contributed by atoms with Gasteiger partial charge in [0.25, 0.3) is 0 Å². The number of benzene rings is 2. The molecule has 0 spiro atoms. The molecular formula is C15H9N3O. The molecule has 4 rings (SSSR count). The first-order chi connectivity index (χ1) is 9.25. The van der Waals surface area contributed by atoms with Crippen LogP contribution in [0.3, 0.4) is 0 Å². The lowest BCUT2D eigenvalue weighted by Gasteiger charge is -2.18. The van der Waals surface area contributed by atoms with Crippen LogP contribution in [0.25, 0.3) is 22.2 Å². The quantitative estimate of drug-likeness (QED) is 0.518. The normalized spacial score (nSPS) is 12.5. The largest absolute Gasteiger partial charge is 0.368 e. The Bertz CT molecular complexity index is 855. The van der Waals surface area contributed by atoms with Crippen LogP contribution >= 0.6 is 0 Å². The average Bonchev–Trinajstić information content (AvgIpc) is 2.44. The Kier molecular flexibility index (Phi) is 1.82. The Balaban J connectivity index is 2.28. The molecule has 0 saturated carbocycles. The van der Waals surface area contributed by atoms with Gasteiger partial charge in [-0.1, -0.05) is 36.4 Å². The van der Waals surface area contributed by atoms with Crippen LogP contribution in [-0.4, -0.2) is 15.8 Å². The van der Waals surface area contributed by atoms with Crippen molar-refractivity contribution in [2.45, 2.75) is 0 Å². The van der Waals surface area contributed by atoms with Gasteiger partial charge in [-0.05, 0) is 6.07 Å². The zero-order valence-electron chi connectivity index (χ0n) is 9.92. The van der Waals surface area contributed by atoms with Crippen LogP contribution in [-0.2, 0) is 0 Å². The van der Waals surface area contributed by atoms with Gasteiger partial charge in [-0.3, -0.25) is 4.79 Å². The summed E-state index contributed by atoms with van der Waals surface area (Å²) in [6.45, 7) is 0. The number of aromatic nitrogens is 2. The second kappa shape index (κ2) is 3.38. The van der Waals surface area contributed by atoms with Gasteiger partial charge in [0.1, 0.15) is 0 Å². The molecule has 1 aromatic heterocycles. The van der Waals surface area contributed by atoms with Crippen LogP contribution in [0.1, 0.15) is 15.9 Å². The highest BCUT2D eigenvalue weighted by molar-refractivity contribution is 6.24. The molecule has 1 aliphatic rings. The summed E-state index contributed by atoms with van der Waals surface area (Å²) in [6, 6.07) is 12.9. The number of nitrogens with zero attached hydrogens (tertiary/aromatic N) is 2. The minimum absolute atomic E-state index is 0.0158. The Labute approximate surface area is 108 Å². The van der Waals surface area contributed by atoms with E-state index in [0.717, 1.165) is 16.6 Å². The number of anilines is 1. The van der Waals surface area contributed by atoms with Gasteiger partial charge in [-0.2, -0.15) is 0 Å². The SMILES string of the molecule is Nc1nc2c3c(cccc3n1)C(=O)c1ccccc1-2. The van der Waals surface area contributed by atoms with Gasteiger partial charge < -0.3 is 5.73 Å². The Morgan fingerprint density at radius 1 is 0.842 bits per heavy atom. The maximum atomic E-state index is 12.5. The molecule has 0 saturated heterocycles. The molecule has 90 valence electrons. The first-order valence-electron chi connectivity index (χ1n) is 5.96. The molecule has 2 N–H and O–H groups in total. The van der Waals surface area contributed by atoms with E-state index in [2.05, 4.69) is 9.97 Å². The van der Waals surface area contributed by atoms with Crippen molar-refractivity contribution >= 4 is 22.6 Å². The maximum absolute atomic E-state index is 12.5. The monoisotopic (exact) mass is 247 g/mol. The molecule has 1 heterocycles. The third-order valence-corrected chi connectivity index (χ3v) is 3.41. The van der Waals surface area contributed by atoms with E-state index in [1.807, 2.05) is 42.5 Å². The summed E-state index contributed by atoms with van der Waals surface area (Å²) >= 11 is 0. The van der Waals surface area contributed by atoms with Gasteiger partial charge in [0, 0.05) is 22.1 Å². The molecule has 4 heteroatoms.